The first-order valence-electron chi connectivity index (χ1n) is 3.18. The lowest BCUT2D eigenvalue weighted by atomic mass is 9.89. The van der Waals surface area contributed by atoms with E-state index in [0.717, 1.165) is 0 Å². The fourth-order valence-electron chi connectivity index (χ4n) is 1.03. The molecular weight excluding hydrogens is 144 g/mol. The van der Waals surface area contributed by atoms with Crippen molar-refractivity contribution in [2.45, 2.75) is 13.3 Å². The number of carbonyl (C=O) groups excluding carboxylic acids is 2. The number of hydrogen-bond donors (Lipinski definition) is 0. The summed E-state index contributed by atoms with van der Waals surface area (Å²) in [6, 6.07) is 0. The topological polar surface area (TPSA) is 58.9 Å². The maximum Gasteiger partial charge on any atom is 0.240 e. The Balaban J connectivity index is 2.94. The highest BCUT2D eigenvalue weighted by Crippen LogP contribution is 2.35. The quantitative estimate of drug-likeness (QED) is 0.434. The second kappa shape index (κ2) is 3.06. The highest BCUT2D eigenvalue weighted by Gasteiger charge is 2.25. The van der Waals surface area contributed by atoms with Gasteiger partial charge < -0.3 is 0 Å². The first kappa shape index (κ1) is 7.61. The van der Waals surface area contributed by atoms with E-state index in [1.54, 1.807) is 0 Å². The summed E-state index contributed by atoms with van der Waals surface area (Å²) in [5, 5.41) is 0. The summed E-state index contributed by atoms with van der Waals surface area (Å²) in [5.74, 6) is 0.212. The van der Waals surface area contributed by atoms with Crippen molar-refractivity contribution in [2.75, 3.05) is 0 Å². The van der Waals surface area contributed by atoms with Crippen LogP contribution in [0.2, 0.25) is 0 Å². The number of aliphatic imine (C=N–C) groups is 2. The fraction of sp³-hybridized carbons (Fsp3) is 0.429. The molecule has 11 heavy (non-hydrogen) atoms. The average molecular weight is 150 g/mol. The van der Waals surface area contributed by atoms with Gasteiger partial charge in [0.05, 0.1) is 11.4 Å². The van der Waals surface area contributed by atoms with Crippen LogP contribution >= 0.6 is 0 Å². The van der Waals surface area contributed by atoms with Gasteiger partial charge in [-0.1, -0.05) is 6.92 Å². The molecule has 0 spiro atoms. The van der Waals surface area contributed by atoms with Crippen molar-refractivity contribution in [3.05, 3.63) is 11.4 Å². The second-order valence-electron chi connectivity index (χ2n) is 2.34. The lowest BCUT2D eigenvalue weighted by Crippen LogP contribution is -2.12. The molecule has 1 rings (SSSR count). The van der Waals surface area contributed by atoms with Crippen molar-refractivity contribution < 1.29 is 9.59 Å². The summed E-state index contributed by atoms with van der Waals surface area (Å²) >= 11 is 0. The van der Waals surface area contributed by atoms with Crippen molar-refractivity contribution in [2.24, 2.45) is 15.9 Å². The van der Waals surface area contributed by atoms with Crippen LogP contribution in [0.1, 0.15) is 13.3 Å². The van der Waals surface area contributed by atoms with Gasteiger partial charge >= 0.3 is 0 Å². The first-order chi connectivity index (χ1) is 5.29. The van der Waals surface area contributed by atoms with E-state index in [2.05, 4.69) is 9.98 Å². The Hall–Kier alpha value is -1.50. The zero-order chi connectivity index (χ0) is 8.27. The molecule has 0 aliphatic heterocycles. The molecule has 1 unspecified atom stereocenters. The van der Waals surface area contributed by atoms with Crippen LogP contribution in [0.25, 0.3) is 0 Å². The number of allylic oxidation sites excluding steroid dienone is 2. The summed E-state index contributed by atoms with van der Waals surface area (Å²) in [4.78, 5) is 26.4. The third-order valence-electron chi connectivity index (χ3n) is 1.61. The van der Waals surface area contributed by atoms with E-state index >= 15 is 0 Å². The van der Waals surface area contributed by atoms with E-state index in [-0.39, 0.29) is 5.92 Å². The first-order valence-corrected chi connectivity index (χ1v) is 3.18. The molecule has 56 valence electrons. The van der Waals surface area contributed by atoms with E-state index in [9.17, 15) is 9.59 Å². The van der Waals surface area contributed by atoms with Crippen LogP contribution in [0, 0.1) is 5.92 Å². The standard InChI is InChI=1S/C7H6N2O2/c1-5-2-6(8-3-10)7(5)9-4-11/h5H,2H2,1H3. The molecule has 4 heteroatoms. The Kier molecular flexibility index (Phi) is 2.12. The monoisotopic (exact) mass is 150 g/mol. The lowest BCUT2D eigenvalue weighted by Gasteiger charge is -2.21. The van der Waals surface area contributed by atoms with Gasteiger partial charge in [-0.05, 0) is 0 Å². The minimum Gasteiger partial charge on any atom is -0.211 e. The second-order valence-corrected chi connectivity index (χ2v) is 2.34. The predicted molar refractivity (Wildman–Crippen MR) is 37.1 cm³/mol. The maximum atomic E-state index is 9.84. The number of rotatable bonds is 2. The normalized spacial score (nSPS) is 21.4. The van der Waals surface area contributed by atoms with Crippen LogP contribution in [0.4, 0.5) is 0 Å². The van der Waals surface area contributed by atoms with Crippen LogP contribution in [0.5, 0.6) is 0 Å². The molecule has 0 aromatic rings. The van der Waals surface area contributed by atoms with Crippen LogP contribution < -0.4 is 0 Å². The van der Waals surface area contributed by atoms with Crippen LogP contribution in [0.15, 0.2) is 21.4 Å². The van der Waals surface area contributed by atoms with Gasteiger partial charge in [0.15, 0.2) is 0 Å². The van der Waals surface area contributed by atoms with Crippen molar-refractivity contribution in [3.63, 3.8) is 0 Å². The lowest BCUT2D eigenvalue weighted by molar-refractivity contribution is 0.539. The predicted octanol–water partition coefficient (Wildman–Crippen LogP) is 0.909. The van der Waals surface area contributed by atoms with Crippen LogP contribution in [-0.2, 0) is 9.59 Å². The molecule has 1 atom stereocenters. The third-order valence-corrected chi connectivity index (χ3v) is 1.61. The Morgan fingerprint density at radius 3 is 2.45 bits per heavy atom. The van der Waals surface area contributed by atoms with E-state index in [1.807, 2.05) is 6.92 Å². The molecule has 0 radical (unpaired) electrons. The average Bonchev–Trinajstić information content (AvgIpc) is 2.00. The minimum atomic E-state index is 0.212. The van der Waals surface area contributed by atoms with Crippen LogP contribution in [0.3, 0.4) is 0 Å². The smallest absolute Gasteiger partial charge is 0.211 e. The summed E-state index contributed by atoms with van der Waals surface area (Å²) in [6.07, 6.45) is 3.51. The summed E-state index contributed by atoms with van der Waals surface area (Å²) < 4.78 is 0. The molecule has 1 aliphatic rings. The van der Waals surface area contributed by atoms with Crippen molar-refractivity contribution >= 4 is 12.2 Å². The molecule has 0 fully saturated rings. The van der Waals surface area contributed by atoms with E-state index in [4.69, 9.17) is 0 Å². The molecule has 0 saturated heterocycles. The van der Waals surface area contributed by atoms with Gasteiger partial charge in [-0.2, -0.15) is 9.98 Å². The van der Waals surface area contributed by atoms with Crippen molar-refractivity contribution in [1.82, 2.24) is 0 Å². The minimum absolute atomic E-state index is 0.212. The largest absolute Gasteiger partial charge is 0.240 e. The van der Waals surface area contributed by atoms with Gasteiger partial charge in [0.1, 0.15) is 0 Å². The molecular formula is C7H6N2O2. The zero-order valence-electron chi connectivity index (χ0n) is 6.00. The molecule has 4 nitrogen and oxygen atoms in total. The van der Waals surface area contributed by atoms with Gasteiger partial charge in [-0.25, -0.2) is 9.59 Å². The maximum absolute atomic E-state index is 9.84. The van der Waals surface area contributed by atoms with Crippen molar-refractivity contribution in [3.8, 4) is 0 Å². The van der Waals surface area contributed by atoms with Gasteiger partial charge in [0, 0.05) is 12.3 Å². The highest BCUT2D eigenvalue weighted by molar-refractivity contribution is 5.45. The van der Waals surface area contributed by atoms with Crippen LogP contribution in [-0.4, -0.2) is 12.2 Å². The molecule has 0 aromatic heterocycles. The third kappa shape index (κ3) is 1.32. The van der Waals surface area contributed by atoms with Gasteiger partial charge in [0.2, 0.25) is 12.2 Å². The fourth-order valence-corrected chi connectivity index (χ4v) is 1.03. The molecule has 0 amide bonds. The molecule has 1 aliphatic carbocycles. The van der Waals surface area contributed by atoms with Gasteiger partial charge in [-0.15, -0.1) is 0 Å². The Labute approximate surface area is 63.3 Å². The number of hydrogen-bond acceptors (Lipinski definition) is 4. The van der Waals surface area contributed by atoms with E-state index in [0.29, 0.717) is 17.8 Å². The van der Waals surface area contributed by atoms with E-state index in [1.165, 1.54) is 12.2 Å². The molecule has 0 heterocycles. The Morgan fingerprint density at radius 1 is 1.36 bits per heavy atom. The Morgan fingerprint density at radius 2 is 2.00 bits per heavy atom. The molecule has 0 saturated carbocycles. The number of nitrogens with zero attached hydrogens (tertiary/aromatic N) is 2. The summed E-state index contributed by atoms with van der Waals surface area (Å²) in [5.41, 5.74) is 1.11. The van der Waals surface area contributed by atoms with E-state index < -0.39 is 0 Å². The number of isocyanates is 2. The summed E-state index contributed by atoms with van der Waals surface area (Å²) in [6.45, 7) is 1.90. The van der Waals surface area contributed by atoms with Crippen molar-refractivity contribution in [1.29, 1.82) is 0 Å². The van der Waals surface area contributed by atoms with Gasteiger partial charge in [-0.3, -0.25) is 0 Å². The molecule has 0 aromatic carbocycles. The molecule has 0 N–H and O–H groups in total. The van der Waals surface area contributed by atoms with Gasteiger partial charge in [0.25, 0.3) is 0 Å². The zero-order valence-corrected chi connectivity index (χ0v) is 6.00. The summed E-state index contributed by atoms with van der Waals surface area (Å²) in [7, 11) is 0. The Bertz CT molecular complexity index is 294. The highest BCUT2D eigenvalue weighted by atomic mass is 16.1. The SMILES string of the molecule is CC1CC(N=C=O)=C1N=C=O. The molecule has 0 bridgehead atoms.